The predicted octanol–water partition coefficient (Wildman–Crippen LogP) is 0.892. The van der Waals surface area contributed by atoms with Crippen LogP contribution in [-0.2, 0) is 19.6 Å². The van der Waals surface area contributed by atoms with E-state index in [1.54, 1.807) is 31.2 Å². The first kappa shape index (κ1) is 33.1. The average Bonchev–Trinajstić information content (AvgIpc) is 3.48. The van der Waals surface area contributed by atoms with Gasteiger partial charge in [0.05, 0.1) is 17.5 Å². The number of carbonyl (C=O) groups is 3. The van der Waals surface area contributed by atoms with Crippen molar-refractivity contribution in [2.75, 3.05) is 25.4 Å². The summed E-state index contributed by atoms with van der Waals surface area (Å²) in [7, 11) is -3.96. The Morgan fingerprint density at radius 3 is 2.53 bits per heavy atom. The highest BCUT2D eigenvalue weighted by molar-refractivity contribution is 7.89. The van der Waals surface area contributed by atoms with Crippen molar-refractivity contribution in [2.24, 2.45) is 5.73 Å². The summed E-state index contributed by atoms with van der Waals surface area (Å²) in [5.74, 6) is -2.14. The molecule has 0 radical (unpaired) electrons. The smallest absolute Gasteiger partial charge is 0.347 e. The number of nitrogens with two attached hydrogens (primary N) is 2. The number of ketones is 1. The molecule has 0 spiro atoms. The molecule has 1 aliphatic heterocycles. The summed E-state index contributed by atoms with van der Waals surface area (Å²) in [6, 6.07) is 8.77. The number of aryl methyl sites for hydroxylation is 2. The van der Waals surface area contributed by atoms with E-state index in [0.29, 0.717) is 35.9 Å². The molecule has 14 nitrogen and oxygen atoms in total. The first-order valence-corrected chi connectivity index (χ1v) is 15.9. The van der Waals surface area contributed by atoms with E-state index in [4.69, 9.17) is 21.3 Å². The number of nitrogens with one attached hydrogen (secondary N) is 4. The standard InChI is InChI=1S/C30H37N7O7S/c1-17-7-10-20(11-8-17)45(42,43)35-16-25(38)37-14-4-6-23(37)28(40)36-22(5-3-13-34-30(32)33)27(39)26-18(2)21-12-9-19(31)15-24(21)44-29(26)41/h7-12,15,22-23,35H,3-6,13-14,16,31H2,1-2H3,(H,36,40)(H4,32,33,34)/t22-,23-/m0/s1. The van der Waals surface area contributed by atoms with Gasteiger partial charge in [-0.3, -0.25) is 19.8 Å². The molecule has 8 N–H and O–H groups in total. The average molecular weight is 640 g/mol. The highest BCUT2D eigenvalue weighted by Crippen LogP contribution is 2.24. The van der Waals surface area contributed by atoms with Gasteiger partial charge in [0.2, 0.25) is 21.8 Å². The number of hydrogen-bond acceptors (Lipinski definition) is 9. The lowest BCUT2D eigenvalue weighted by atomic mass is 9.95. The normalized spacial score (nSPS) is 15.5. The first-order valence-electron chi connectivity index (χ1n) is 14.4. The van der Waals surface area contributed by atoms with Crippen LogP contribution < -0.4 is 32.4 Å². The maximum absolute atomic E-state index is 13.8. The second-order valence-corrected chi connectivity index (χ2v) is 12.7. The van der Waals surface area contributed by atoms with Crippen LogP contribution in [0.5, 0.6) is 0 Å². The number of Topliss-reactive ketones (excluding diaryl/α,β-unsaturated/α-hetero) is 1. The van der Waals surface area contributed by atoms with Gasteiger partial charge in [-0.25, -0.2) is 17.9 Å². The minimum Gasteiger partial charge on any atom is -0.422 e. The Bertz CT molecular complexity index is 1790. The van der Waals surface area contributed by atoms with Crippen molar-refractivity contribution in [1.29, 1.82) is 5.41 Å². The largest absolute Gasteiger partial charge is 0.422 e. The van der Waals surface area contributed by atoms with E-state index in [0.717, 1.165) is 5.56 Å². The molecule has 1 aliphatic rings. The number of amides is 2. The van der Waals surface area contributed by atoms with E-state index >= 15 is 0 Å². The van der Waals surface area contributed by atoms with Crippen molar-refractivity contribution in [1.82, 2.24) is 20.3 Å². The molecule has 1 saturated heterocycles. The summed E-state index contributed by atoms with van der Waals surface area (Å²) in [5.41, 5.74) is 11.9. The summed E-state index contributed by atoms with van der Waals surface area (Å²) < 4.78 is 33.1. The van der Waals surface area contributed by atoms with E-state index in [1.165, 1.54) is 23.1 Å². The number of carbonyl (C=O) groups excluding carboxylic acids is 3. The Morgan fingerprint density at radius 1 is 1.13 bits per heavy atom. The topological polar surface area (TPSA) is 231 Å². The van der Waals surface area contributed by atoms with Crippen molar-refractivity contribution in [2.45, 2.75) is 56.5 Å². The molecule has 0 aliphatic carbocycles. The maximum Gasteiger partial charge on any atom is 0.347 e. The van der Waals surface area contributed by atoms with Crippen LogP contribution >= 0.6 is 0 Å². The fourth-order valence-electron chi connectivity index (χ4n) is 5.29. The monoisotopic (exact) mass is 639 g/mol. The van der Waals surface area contributed by atoms with E-state index in [-0.39, 0.29) is 41.5 Å². The molecule has 0 saturated carbocycles. The minimum atomic E-state index is -3.96. The predicted molar refractivity (Wildman–Crippen MR) is 168 cm³/mol. The van der Waals surface area contributed by atoms with E-state index in [2.05, 4.69) is 15.4 Å². The van der Waals surface area contributed by atoms with Crippen LogP contribution in [-0.4, -0.2) is 68.6 Å². The zero-order valence-corrected chi connectivity index (χ0v) is 25.8. The van der Waals surface area contributed by atoms with Crippen molar-refractivity contribution < 1.29 is 27.2 Å². The zero-order chi connectivity index (χ0) is 32.9. The summed E-state index contributed by atoms with van der Waals surface area (Å²) in [5, 5.41) is 13.2. The first-order chi connectivity index (χ1) is 21.3. The number of sulfonamides is 1. The van der Waals surface area contributed by atoms with Gasteiger partial charge >= 0.3 is 5.63 Å². The number of rotatable bonds is 12. The Kier molecular flexibility index (Phi) is 10.2. The number of fused-ring (bicyclic) bond motifs is 1. The lowest BCUT2D eigenvalue weighted by Gasteiger charge is -2.26. The zero-order valence-electron chi connectivity index (χ0n) is 25.0. The number of benzene rings is 2. The van der Waals surface area contributed by atoms with Crippen molar-refractivity contribution in [3.8, 4) is 0 Å². The van der Waals surface area contributed by atoms with Gasteiger partial charge in [0.15, 0.2) is 11.7 Å². The molecular weight excluding hydrogens is 602 g/mol. The Balaban J connectivity index is 1.52. The molecule has 15 heteroatoms. The van der Waals surface area contributed by atoms with Crippen LogP contribution in [0.3, 0.4) is 0 Å². The summed E-state index contributed by atoms with van der Waals surface area (Å²) >= 11 is 0. The van der Waals surface area contributed by atoms with Crippen molar-refractivity contribution in [3.63, 3.8) is 0 Å². The molecule has 3 aromatic rings. The number of nitrogen functional groups attached to an aromatic ring is 1. The van der Waals surface area contributed by atoms with Gasteiger partial charge in [-0.1, -0.05) is 17.7 Å². The Morgan fingerprint density at radius 2 is 1.84 bits per heavy atom. The highest BCUT2D eigenvalue weighted by Gasteiger charge is 2.37. The van der Waals surface area contributed by atoms with Crippen molar-refractivity contribution in [3.05, 3.63) is 69.6 Å². The van der Waals surface area contributed by atoms with Gasteiger partial charge in [-0.05, 0) is 69.4 Å². The lowest BCUT2D eigenvalue weighted by Crippen LogP contribution is -2.52. The van der Waals surface area contributed by atoms with Crippen LogP contribution in [0.15, 0.2) is 56.6 Å². The maximum atomic E-state index is 13.8. The van der Waals surface area contributed by atoms with Crippen LogP contribution in [0.25, 0.3) is 11.0 Å². The number of nitrogens with zero attached hydrogens (tertiary/aromatic N) is 1. The molecule has 0 unspecified atom stereocenters. The molecule has 2 atom stereocenters. The molecule has 2 aromatic carbocycles. The molecule has 1 fully saturated rings. The lowest BCUT2D eigenvalue weighted by molar-refractivity contribution is -0.137. The van der Waals surface area contributed by atoms with Crippen LogP contribution in [0.2, 0.25) is 0 Å². The fourth-order valence-corrected chi connectivity index (χ4v) is 6.27. The molecule has 4 rings (SSSR count). The molecule has 2 amide bonds. The van der Waals surface area contributed by atoms with Crippen molar-refractivity contribution >= 4 is 50.2 Å². The number of hydrogen-bond donors (Lipinski definition) is 6. The van der Waals surface area contributed by atoms with E-state index in [1.807, 2.05) is 6.92 Å². The van der Waals surface area contributed by atoms with Crippen LogP contribution in [0, 0.1) is 19.3 Å². The molecule has 1 aromatic heterocycles. The molecular formula is C30H37N7O7S. The SMILES string of the molecule is Cc1ccc(S(=O)(=O)NCC(=O)N2CCC[C@H]2C(=O)N[C@@H](CCCNC(=N)N)C(=O)c2c(C)c3ccc(N)cc3oc2=O)cc1. The third kappa shape index (κ3) is 7.85. The Labute approximate surface area is 260 Å². The number of likely N-dealkylation sites (tertiary alicyclic amines) is 1. The van der Waals surface area contributed by atoms with Gasteiger partial charge in [-0.2, -0.15) is 0 Å². The fraction of sp³-hybridized carbons (Fsp3) is 0.367. The second-order valence-electron chi connectivity index (χ2n) is 10.9. The number of guanidine groups is 1. The van der Waals surface area contributed by atoms with Gasteiger partial charge < -0.3 is 31.4 Å². The summed E-state index contributed by atoms with van der Waals surface area (Å²) in [4.78, 5) is 54.7. The molecule has 2 heterocycles. The highest BCUT2D eigenvalue weighted by atomic mass is 32.2. The molecule has 240 valence electrons. The minimum absolute atomic E-state index is 0.00848. The molecule has 45 heavy (non-hydrogen) atoms. The van der Waals surface area contributed by atoms with Gasteiger partial charge in [-0.15, -0.1) is 0 Å². The summed E-state index contributed by atoms with van der Waals surface area (Å²) in [6.45, 7) is 3.33. The third-order valence-electron chi connectivity index (χ3n) is 7.68. The van der Waals surface area contributed by atoms with Crippen LogP contribution in [0.1, 0.15) is 47.2 Å². The number of anilines is 1. The second kappa shape index (κ2) is 13.9. The van der Waals surface area contributed by atoms with E-state index in [9.17, 15) is 27.6 Å². The van der Waals surface area contributed by atoms with Gasteiger partial charge in [0.1, 0.15) is 17.2 Å². The van der Waals surface area contributed by atoms with Crippen LogP contribution in [0.4, 0.5) is 5.69 Å². The molecule has 0 bridgehead atoms. The van der Waals surface area contributed by atoms with Gasteiger partial charge in [0, 0.05) is 30.2 Å². The van der Waals surface area contributed by atoms with Gasteiger partial charge in [0.25, 0.3) is 0 Å². The summed E-state index contributed by atoms with van der Waals surface area (Å²) in [6.07, 6.45) is 1.18. The quantitative estimate of drug-likeness (QED) is 0.0409. The third-order valence-corrected chi connectivity index (χ3v) is 9.09. The Hall–Kier alpha value is -4.76. The van der Waals surface area contributed by atoms with E-state index < -0.39 is 51.9 Å².